The second kappa shape index (κ2) is 12.7. The summed E-state index contributed by atoms with van der Waals surface area (Å²) in [7, 11) is 0. The van der Waals surface area contributed by atoms with Crippen molar-refractivity contribution in [2.24, 2.45) is 0 Å². The van der Waals surface area contributed by atoms with Gasteiger partial charge >= 0.3 is 0 Å². The zero-order chi connectivity index (χ0) is 26.8. The number of ether oxygens (including phenoxy) is 2. The Hall–Kier alpha value is -4.88. The fraction of sp³-hybridized carbons (Fsp3) is 0.115. The Morgan fingerprint density at radius 1 is 1.05 bits per heavy atom. The van der Waals surface area contributed by atoms with Crippen molar-refractivity contribution in [1.29, 1.82) is 5.26 Å². The molecule has 0 saturated carbocycles. The first kappa shape index (κ1) is 26.7. The minimum atomic E-state index is -0.769. The van der Waals surface area contributed by atoms with Crippen molar-refractivity contribution in [2.45, 2.75) is 6.92 Å². The van der Waals surface area contributed by atoms with E-state index in [1.165, 1.54) is 42.5 Å². The monoisotopic (exact) mass is 520 g/mol. The van der Waals surface area contributed by atoms with Crippen molar-refractivity contribution in [1.82, 2.24) is 0 Å². The molecule has 0 aliphatic rings. The molecule has 0 bridgehead atoms. The third kappa shape index (κ3) is 7.55. The van der Waals surface area contributed by atoms with E-state index in [9.17, 15) is 25.0 Å². The maximum absolute atomic E-state index is 12.6. The van der Waals surface area contributed by atoms with Gasteiger partial charge < -0.3 is 20.1 Å². The van der Waals surface area contributed by atoms with E-state index < -0.39 is 16.7 Å². The summed E-state index contributed by atoms with van der Waals surface area (Å²) in [5.41, 5.74) is 0.647. The van der Waals surface area contributed by atoms with E-state index >= 15 is 0 Å². The van der Waals surface area contributed by atoms with Gasteiger partial charge in [-0.15, -0.1) is 0 Å². The lowest BCUT2D eigenvalue weighted by Crippen LogP contribution is -2.20. The Morgan fingerprint density at radius 2 is 1.78 bits per heavy atom. The summed E-state index contributed by atoms with van der Waals surface area (Å²) >= 11 is 6.38. The second-order valence-corrected chi connectivity index (χ2v) is 7.80. The highest BCUT2D eigenvalue weighted by molar-refractivity contribution is 6.32. The van der Waals surface area contributed by atoms with E-state index in [4.69, 9.17) is 21.1 Å². The van der Waals surface area contributed by atoms with Gasteiger partial charge in [0.05, 0.1) is 16.6 Å². The average molecular weight is 521 g/mol. The summed E-state index contributed by atoms with van der Waals surface area (Å²) in [6.45, 7) is 1.67. The van der Waals surface area contributed by atoms with Crippen molar-refractivity contribution < 1.29 is 24.0 Å². The van der Waals surface area contributed by atoms with Crippen LogP contribution in [0.25, 0.3) is 6.08 Å². The van der Waals surface area contributed by atoms with Crippen LogP contribution >= 0.6 is 11.6 Å². The van der Waals surface area contributed by atoms with Crippen LogP contribution in [0.15, 0.2) is 72.3 Å². The van der Waals surface area contributed by atoms with Gasteiger partial charge in [0.1, 0.15) is 11.6 Å². The number of hydrogen-bond donors (Lipinski definition) is 2. The van der Waals surface area contributed by atoms with E-state index in [0.717, 1.165) is 0 Å². The third-order valence-corrected chi connectivity index (χ3v) is 5.01. The number of nitrogens with zero attached hydrogens (tertiary/aromatic N) is 2. The van der Waals surface area contributed by atoms with Gasteiger partial charge in [0, 0.05) is 23.5 Å². The van der Waals surface area contributed by atoms with Gasteiger partial charge in [-0.1, -0.05) is 35.9 Å². The number of nitriles is 1. The van der Waals surface area contributed by atoms with Crippen LogP contribution in [0.3, 0.4) is 0 Å². The number of para-hydroxylation sites is 1. The van der Waals surface area contributed by atoms with Crippen LogP contribution in [0.2, 0.25) is 5.02 Å². The molecule has 0 saturated heterocycles. The zero-order valence-corrected chi connectivity index (χ0v) is 20.3. The number of nitro benzene ring substituents is 1. The number of nitrogens with one attached hydrogen (secondary N) is 2. The van der Waals surface area contributed by atoms with Crippen LogP contribution in [0.1, 0.15) is 12.5 Å². The molecule has 0 aliphatic carbocycles. The van der Waals surface area contributed by atoms with Crippen LogP contribution in [-0.4, -0.2) is 30.0 Å². The molecule has 188 valence electrons. The first-order valence-corrected chi connectivity index (χ1v) is 11.3. The minimum Gasteiger partial charge on any atom is -0.490 e. The average Bonchev–Trinajstić information content (AvgIpc) is 2.87. The van der Waals surface area contributed by atoms with Crippen LogP contribution in [0.4, 0.5) is 17.1 Å². The zero-order valence-electron chi connectivity index (χ0n) is 19.6. The van der Waals surface area contributed by atoms with Crippen LogP contribution in [-0.2, 0) is 9.59 Å². The summed E-state index contributed by atoms with van der Waals surface area (Å²) in [6.07, 6.45) is 1.28. The fourth-order valence-corrected chi connectivity index (χ4v) is 3.42. The SMILES string of the molecule is CCOc1cc(/C=C(\C#N)C(=O)Nc2cccc([N+](=O)[O-])c2)cc(Cl)c1OCC(=O)Nc1ccccc1. The van der Waals surface area contributed by atoms with Crippen molar-refractivity contribution in [3.05, 3.63) is 93.0 Å². The predicted octanol–water partition coefficient (Wildman–Crippen LogP) is 5.21. The number of nitro groups is 1. The molecule has 3 rings (SSSR count). The highest BCUT2D eigenvalue weighted by atomic mass is 35.5. The highest BCUT2D eigenvalue weighted by Crippen LogP contribution is 2.37. The topological polar surface area (TPSA) is 144 Å². The summed E-state index contributed by atoms with van der Waals surface area (Å²) in [4.78, 5) is 35.2. The third-order valence-electron chi connectivity index (χ3n) is 4.73. The number of anilines is 2. The van der Waals surface area contributed by atoms with Crippen molar-refractivity contribution >= 4 is 46.6 Å². The quantitative estimate of drug-likeness (QED) is 0.161. The molecule has 0 radical (unpaired) electrons. The second-order valence-electron chi connectivity index (χ2n) is 7.40. The molecule has 0 aliphatic heterocycles. The van der Waals surface area contributed by atoms with Gasteiger partial charge in [-0.25, -0.2) is 0 Å². The van der Waals surface area contributed by atoms with Crippen LogP contribution < -0.4 is 20.1 Å². The fourth-order valence-electron chi connectivity index (χ4n) is 3.14. The highest BCUT2D eigenvalue weighted by Gasteiger charge is 2.17. The lowest BCUT2D eigenvalue weighted by molar-refractivity contribution is -0.384. The maximum atomic E-state index is 12.6. The number of hydrogen-bond acceptors (Lipinski definition) is 7. The maximum Gasteiger partial charge on any atom is 0.271 e. The first-order valence-electron chi connectivity index (χ1n) is 10.9. The summed E-state index contributed by atoms with van der Waals surface area (Å²) < 4.78 is 11.2. The number of halogens is 1. The minimum absolute atomic E-state index is 0.0982. The summed E-state index contributed by atoms with van der Waals surface area (Å²) in [6, 6.07) is 19.0. The molecule has 0 spiro atoms. The van der Waals surface area contributed by atoms with Gasteiger partial charge in [0.15, 0.2) is 18.1 Å². The molecule has 37 heavy (non-hydrogen) atoms. The Bertz CT molecular complexity index is 1390. The summed E-state index contributed by atoms with van der Waals surface area (Å²) in [5.74, 6) is -0.832. The lowest BCUT2D eigenvalue weighted by Gasteiger charge is -2.14. The molecule has 0 aromatic heterocycles. The molecule has 0 heterocycles. The molecule has 11 heteroatoms. The molecule has 0 fully saturated rings. The smallest absolute Gasteiger partial charge is 0.271 e. The molecular formula is C26H21ClN4O6. The van der Waals surface area contributed by atoms with Crippen molar-refractivity contribution in [3.63, 3.8) is 0 Å². The Kier molecular flexibility index (Phi) is 9.18. The Labute approximate surface area is 217 Å². The molecule has 10 nitrogen and oxygen atoms in total. The summed E-state index contributed by atoms with van der Waals surface area (Å²) in [5, 5.41) is 25.7. The van der Waals surface area contributed by atoms with E-state index in [0.29, 0.717) is 11.3 Å². The first-order chi connectivity index (χ1) is 17.8. The van der Waals surface area contributed by atoms with E-state index in [1.54, 1.807) is 37.3 Å². The number of non-ortho nitro benzene ring substituents is 1. The Morgan fingerprint density at radius 3 is 2.46 bits per heavy atom. The molecule has 3 aromatic rings. The number of carbonyl (C=O) groups excluding carboxylic acids is 2. The number of carbonyl (C=O) groups is 2. The molecule has 2 N–H and O–H groups in total. The van der Waals surface area contributed by atoms with Crippen LogP contribution in [0.5, 0.6) is 11.5 Å². The van der Waals surface area contributed by atoms with E-state index in [-0.39, 0.29) is 46.7 Å². The molecular weight excluding hydrogens is 500 g/mol. The normalized spacial score (nSPS) is 10.7. The molecule has 3 aromatic carbocycles. The molecule has 0 unspecified atom stereocenters. The number of rotatable bonds is 10. The van der Waals surface area contributed by atoms with E-state index in [2.05, 4.69) is 10.6 Å². The van der Waals surface area contributed by atoms with Gasteiger partial charge in [0.25, 0.3) is 17.5 Å². The van der Waals surface area contributed by atoms with Gasteiger partial charge in [-0.3, -0.25) is 19.7 Å². The Balaban J connectivity index is 1.78. The van der Waals surface area contributed by atoms with Gasteiger partial charge in [0.2, 0.25) is 0 Å². The van der Waals surface area contributed by atoms with Gasteiger partial charge in [-0.2, -0.15) is 5.26 Å². The molecule has 0 atom stereocenters. The largest absolute Gasteiger partial charge is 0.490 e. The van der Waals surface area contributed by atoms with Crippen molar-refractivity contribution in [3.8, 4) is 17.6 Å². The molecule has 2 amide bonds. The lowest BCUT2D eigenvalue weighted by atomic mass is 10.1. The van der Waals surface area contributed by atoms with Crippen LogP contribution in [0, 0.1) is 21.4 Å². The van der Waals surface area contributed by atoms with Crippen molar-refractivity contribution in [2.75, 3.05) is 23.8 Å². The predicted molar refractivity (Wildman–Crippen MR) is 139 cm³/mol. The van der Waals surface area contributed by atoms with E-state index in [1.807, 2.05) is 6.07 Å². The number of amides is 2. The number of benzene rings is 3. The standard InChI is InChI=1S/C26H21ClN4O6/c1-2-36-23-13-17(11-18(15-28)26(33)30-20-9-6-10-21(14-20)31(34)35)12-22(27)25(23)37-16-24(32)29-19-7-4-3-5-8-19/h3-14H,2,16H2,1H3,(H,29,32)(H,30,33)/b18-11+. The van der Waals surface area contributed by atoms with Gasteiger partial charge in [-0.05, 0) is 48.9 Å².